The zero-order valence-corrected chi connectivity index (χ0v) is 20.8. The highest BCUT2D eigenvalue weighted by atomic mass is 15.1. The van der Waals surface area contributed by atoms with Crippen LogP contribution in [0.1, 0.15) is 30.5 Å². The molecule has 2 nitrogen and oxygen atoms in total. The molecule has 1 aliphatic carbocycles. The molecule has 0 bridgehead atoms. The minimum atomic E-state index is -0.258. The lowest BCUT2D eigenvalue weighted by atomic mass is 9.74. The molecular formula is C34H30N2. The lowest BCUT2D eigenvalue weighted by Gasteiger charge is -2.30. The van der Waals surface area contributed by atoms with Gasteiger partial charge in [0.25, 0.3) is 0 Å². The Hall–Kier alpha value is -4.30. The SMILES string of the molecule is CCN(c1ccccc1)c1ccc2c(c1)C(C)(c1ccccc1)c1cc(Nc3ccccc3)ccc1-2. The molecule has 0 saturated carbocycles. The Bertz CT molecular complexity index is 1490. The molecule has 1 unspecified atom stereocenters. The quantitative estimate of drug-likeness (QED) is 0.269. The van der Waals surface area contributed by atoms with Crippen molar-refractivity contribution >= 4 is 22.7 Å². The van der Waals surface area contributed by atoms with Gasteiger partial charge in [0.05, 0.1) is 0 Å². The fraction of sp³-hybridized carbons (Fsp3) is 0.118. The molecule has 1 aliphatic rings. The van der Waals surface area contributed by atoms with Crippen molar-refractivity contribution < 1.29 is 0 Å². The number of nitrogens with zero attached hydrogens (tertiary/aromatic N) is 1. The molecule has 0 aromatic heterocycles. The van der Waals surface area contributed by atoms with Gasteiger partial charge in [-0.15, -0.1) is 0 Å². The molecule has 6 rings (SSSR count). The predicted octanol–water partition coefficient (Wildman–Crippen LogP) is 8.92. The van der Waals surface area contributed by atoms with Gasteiger partial charge in [0.1, 0.15) is 0 Å². The number of anilines is 4. The first-order valence-electron chi connectivity index (χ1n) is 12.7. The molecule has 0 spiro atoms. The minimum absolute atomic E-state index is 0.258. The molecule has 0 heterocycles. The van der Waals surface area contributed by atoms with Crippen LogP contribution in [0.3, 0.4) is 0 Å². The van der Waals surface area contributed by atoms with Crippen molar-refractivity contribution in [3.63, 3.8) is 0 Å². The Labute approximate surface area is 213 Å². The summed E-state index contributed by atoms with van der Waals surface area (Å²) in [4.78, 5) is 2.39. The first-order chi connectivity index (χ1) is 17.7. The number of benzene rings is 5. The Kier molecular flexibility index (Phi) is 5.58. The van der Waals surface area contributed by atoms with Gasteiger partial charge in [-0.05, 0) is 90.2 Å². The monoisotopic (exact) mass is 466 g/mol. The van der Waals surface area contributed by atoms with Crippen molar-refractivity contribution in [2.75, 3.05) is 16.8 Å². The van der Waals surface area contributed by atoms with Crippen molar-refractivity contribution in [1.29, 1.82) is 0 Å². The minimum Gasteiger partial charge on any atom is -0.356 e. The van der Waals surface area contributed by atoms with Crippen LogP contribution < -0.4 is 10.2 Å². The molecule has 0 aliphatic heterocycles. The van der Waals surface area contributed by atoms with E-state index in [1.165, 1.54) is 39.2 Å². The van der Waals surface area contributed by atoms with E-state index in [-0.39, 0.29) is 5.41 Å². The Morgan fingerprint density at radius 2 is 1.17 bits per heavy atom. The van der Waals surface area contributed by atoms with Gasteiger partial charge in [0, 0.05) is 34.7 Å². The summed E-state index contributed by atoms with van der Waals surface area (Å²) in [5.41, 5.74) is 11.0. The number of hydrogen-bond acceptors (Lipinski definition) is 2. The fourth-order valence-electron chi connectivity index (χ4n) is 5.66. The maximum atomic E-state index is 3.60. The van der Waals surface area contributed by atoms with Gasteiger partial charge >= 0.3 is 0 Å². The first-order valence-corrected chi connectivity index (χ1v) is 12.7. The molecule has 0 radical (unpaired) electrons. The summed E-state index contributed by atoms with van der Waals surface area (Å²) in [5.74, 6) is 0. The molecule has 0 fully saturated rings. The maximum absolute atomic E-state index is 3.60. The van der Waals surface area contributed by atoms with Gasteiger partial charge in [0.2, 0.25) is 0 Å². The van der Waals surface area contributed by atoms with Crippen LogP contribution in [0, 0.1) is 0 Å². The molecule has 1 atom stereocenters. The van der Waals surface area contributed by atoms with E-state index < -0.39 is 0 Å². The highest BCUT2D eigenvalue weighted by Crippen LogP contribution is 2.54. The van der Waals surface area contributed by atoms with Gasteiger partial charge < -0.3 is 10.2 Å². The lowest BCUT2D eigenvalue weighted by molar-refractivity contribution is 0.714. The zero-order chi connectivity index (χ0) is 24.5. The predicted molar refractivity (Wildman–Crippen MR) is 153 cm³/mol. The van der Waals surface area contributed by atoms with E-state index in [0.717, 1.165) is 17.9 Å². The summed E-state index contributed by atoms with van der Waals surface area (Å²) >= 11 is 0. The van der Waals surface area contributed by atoms with Crippen LogP contribution in [0.2, 0.25) is 0 Å². The normalized spacial score (nSPS) is 15.7. The molecule has 0 saturated heterocycles. The van der Waals surface area contributed by atoms with Crippen LogP contribution in [0.4, 0.5) is 22.7 Å². The van der Waals surface area contributed by atoms with Crippen molar-refractivity contribution in [2.24, 2.45) is 0 Å². The van der Waals surface area contributed by atoms with E-state index in [1.807, 2.05) is 6.07 Å². The Morgan fingerprint density at radius 3 is 1.83 bits per heavy atom. The summed E-state index contributed by atoms with van der Waals surface area (Å²) < 4.78 is 0. The number of nitrogens with one attached hydrogen (secondary N) is 1. The highest BCUT2D eigenvalue weighted by Gasteiger charge is 2.41. The molecular weight excluding hydrogens is 436 g/mol. The first kappa shape index (κ1) is 22.2. The van der Waals surface area contributed by atoms with Crippen molar-refractivity contribution in [2.45, 2.75) is 19.3 Å². The number of para-hydroxylation sites is 2. The van der Waals surface area contributed by atoms with E-state index in [0.29, 0.717) is 0 Å². The summed E-state index contributed by atoms with van der Waals surface area (Å²) in [6.45, 7) is 5.50. The van der Waals surface area contributed by atoms with Crippen molar-refractivity contribution in [3.05, 3.63) is 144 Å². The van der Waals surface area contributed by atoms with E-state index in [9.17, 15) is 0 Å². The van der Waals surface area contributed by atoms with Gasteiger partial charge in [0.15, 0.2) is 0 Å². The van der Waals surface area contributed by atoms with Gasteiger partial charge in [-0.3, -0.25) is 0 Å². The molecule has 2 heteroatoms. The summed E-state index contributed by atoms with van der Waals surface area (Å²) in [6, 6.07) is 45.8. The van der Waals surface area contributed by atoms with Crippen LogP contribution in [0.25, 0.3) is 11.1 Å². The number of fused-ring (bicyclic) bond motifs is 3. The second kappa shape index (κ2) is 9.05. The van der Waals surface area contributed by atoms with Gasteiger partial charge in [-0.2, -0.15) is 0 Å². The Balaban J connectivity index is 1.51. The molecule has 0 amide bonds. The smallest absolute Gasteiger partial charge is 0.0437 e. The van der Waals surface area contributed by atoms with E-state index >= 15 is 0 Å². The van der Waals surface area contributed by atoms with Crippen LogP contribution in [0.5, 0.6) is 0 Å². The maximum Gasteiger partial charge on any atom is 0.0437 e. The zero-order valence-electron chi connectivity index (χ0n) is 20.8. The summed E-state index contributed by atoms with van der Waals surface area (Å²) in [5, 5.41) is 3.60. The van der Waals surface area contributed by atoms with Gasteiger partial charge in [-0.1, -0.05) is 78.9 Å². The average Bonchev–Trinajstić information content (AvgIpc) is 3.19. The van der Waals surface area contributed by atoms with Crippen LogP contribution in [0.15, 0.2) is 127 Å². The average molecular weight is 467 g/mol. The second-order valence-electron chi connectivity index (χ2n) is 9.55. The second-order valence-corrected chi connectivity index (χ2v) is 9.55. The van der Waals surface area contributed by atoms with E-state index in [4.69, 9.17) is 0 Å². The lowest BCUT2D eigenvalue weighted by Crippen LogP contribution is -2.23. The molecule has 36 heavy (non-hydrogen) atoms. The van der Waals surface area contributed by atoms with Crippen molar-refractivity contribution in [1.82, 2.24) is 0 Å². The van der Waals surface area contributed by atoms with E-state index in [1.54, 1.807) is 0 Å². The summed E-state index contributed by atoms with van der Waals surface area (Å²) in [7, 11) is 0. The third-order valence-corrected chi connectivity index (χ3v) is 7.50. The number of hydrogen-bond donors (Lipinski definition) is 1. The topological polar surface area (TPSA) is 15.3 Å². The third-order valence-electron chi connectivity index (χ3n) is 7.50. The number of rotatable bonds is 6. The fourth-order valence-corrected chi connectivity index (χ4v) is 5.66. The standard InChI is InChI=1S/C34H30N2/c1-3-36(28-17-11-6-12-18-28)29-20-22-31-30-21-19-27(35-26-15-9-5-10-16-26)23-32(30)34(2,33(31)24-29)25-13-7-4-8-14-25/h4-24,35H,3H2,1-2H3. The largest absolute Gasteiger partial charge is 0.356 e. The van der Waals surface area contributed by atoms with Crippen molar-refractivity contribution in [3.8, 4) is 11.1 Å². The van der Waals surface area contributed by atoms with E-state index in [2.05, 4.69) is 145 Å². The van der Waals surface area contributed by atoms with Crippen LogP contribution in [-0.2, 0) is 5.41 Å². The van der Waals surface area contributed by atoms with Crippen LogP contribution >= 0.6 is 0 Å². The highest BCUT2D eigenvalue weighted by molar-refractivity contribution is 5.87. The molecule has 5 aromatic rings. The third kappa shape index (κ3) is 3.67. The van der Waals surface area contributed by atoms with Crippen LogP contribution in [-0.4, -0.2) is 6.54 Å². The van der Waals surface area contributed by atoms with Gasteiger partial charge in [-0.25, -0.2) is 0 Å². The summed E-state index contributed by atoms with van der Waals surface area (Å²) in [6.07, 6.45) is 0. The molecule has 5 aromatic carbocycles. The molecule has 1 N–H and O–H groups in total. The molecule has 176 valence electrons. The Morgan fingerprint density at radius 1 is 0.583 bits per heavy atom.